The van der Waals surface area contributed by atoms with Gasteiger partial charge in [0, 0.05) is 41.9 Å². The average molecular weight is 815 g/mol. The van der Waals surface area contributed by atoms with Crippen LogP contribution in [-0.4, -0.2) is 72.1 Å². The van der Waals surface area contributed by atoms with Crippen molar-refractivity contribution in [2.75, 3.05) is 14.2 Å². The predicted octanol–water partition coefficient (Wildman–Crippen LogP) is 6.88. The van der Waals surface area contributed by atoms with Crippen molar-refractivity contribution in [1.29, 1.82) is 0 Å². The molecule has 11 nitrogen and oxygen atoms in total. The van der Waals surface area contributed by atoms with Crippen LogP contribution < -0.4 is 0 Å². The third-order valence-electron chi connectivity index (χ3n) is 19.0. The Bertz CT molecular complexity index is 2000. The van der Waals surface area contributed by atoms with Crippen LogP contribution in [0.4, 0.5) is 0 Å². The molecule has 7 fully saturated rings. The minimum Gasteiger partial charge on any atom is -0.469 e. The highest BCUT2D eigenvalue weighted by Crippen LogP contribution is 2.72. The molecule has 2 heterocycles. The lowest BCUT2D eigenvalue weighted by molar-refractivity contribution is -0.197. The fraction of sp³-hybridized carbons (Fsp3) is 0.750. The van der Waals surface area contributed by atoms with E-state index in [1.807, 2.05) is 0 Å². The minimum absolute atomic E-state index is 0.0415. The summed E-state index contributed by atoms with van der Waals surface area (Å²) in [5.74, 6) is -0.633. The van der Waals surface area contributed by atoms with Crippen LogP contribution in [0.2, 0.25) is 0 Å². The highest BCUT2D eigenvalue weighted by atomic mass is 16.6. The Balaban J connectivity index is 0.000000152. The van der Waals surface area contributed by atoms with E-state index in [4.69, 9.17) is 18.9 Å². The van der Waals surface area contributed by atoms with Crippen molar-refractivity contribution in [3.63, 3.8) is 0 Å². The zero-order chi connectivity index (χ0) is 42.1. The number of hydrogen-bond donors (Lipinski definition) is 1. The van der Waals surface area contributed by atoms with Crippen LogP contribution in [0.5, 0.6) is 0 Å². The molecular weight excluding hydrogens is 753 g/mol. The number of carbonyl (C=O) groups is 6. The van der Waals surface area contributed by atoms with Crippen molar-refractivity contribution in [2.24, 2.45) is 63.1 Å². The van der Waals surface area contributed by atoms with Gasteiger partial charge in [0.05, 0.1) is 32.2 Å². The number of aliphatic hydroxyl groups is 1. The van der Waals surface area contributed by atoms with Crippen molar-refractivity contribution in [2.45, 2.75) is 148 Å². The van der Waals surface area contributed by atoms with Gasteiger partial charge in [-0.15, -0.1) is 0 Å². The first-order chi connectivity index (χ1) is 27.9. The maximum absolute atomic E-state index is 12.9. The topological polar surface area (TPSA) is 160 Å². The van der Waals surface area contributed by atoms with E-state index >= 15 is 0 Å². The van der Waals surface area contributed by atoms with E-state index in [0.29, 0.717) is 57.8 Å². The van der Waals surface area contributed by atoms with E-state index in [1.165, 1.54) is 19.8 Å². The van der Waals surface area contributed by atoms with Gasteiger partial charge < -0.3 is 24.1 Å². The number of aliphatic hydroxyl groups excluding tert-OH is 1. The molecule has 0 radical (unpaired) electrons. The summed E-state index contributed by atoms with van der Waals surface area (Å²) in [5.41, 5.74) is 1.56. The van der Waals surface area contributed by atoms with Crippen LogP contribution in [0.3, 0.4) is 0 Å². The monoisotopic (exact) mass is 814 g/mol. The number of carbonyl (C=O) groups excluding carboxylic acids is 6. The van der Waals surface area contributed by atoms with Crippen molar-refractivity contribution >= 4 is 35.4 Å². The number of ketones is 2. The summed E-state index contributed by atoms with van der Waals surface area (Å²) >= 11 is 0. The second kappa shape index (κ2) is 13.7. The molecule has 0 aromatic carbocycles. The van der Waals surface area contributed by atoms with Gasteiger partial charge in [0.25, 0.3) is 0 Å². The maximum Gasteiger partial charge on any atom is 0.309 e. The predicted molar refractivity (Wildman–Crippen MR) is 213 cm³/mol. The van der Waals surface area contributed by atoms with E-state index in [9.17, 15) is 33.9 Å². The van der Waals surface area contributed by atoms with Gasteiger partial charge >= 0.3 is 23.9 Å². The molecule has 0 bridgehead atoms. The van der Waals surface area contributed by atoms with Crippen LogP contribution in [0, 0.1) is 63.1 Å². The normalized spacial score (nSPS) is 47.7. The Morgan fingerprint density at radius 3 is 1.86 bits per heavy atom. The summed E-state index contributed by atoms with van der Waals surface area (Å²) in [6, 6.07) is 0. The lowest BCUT2D eigenvalue weighted by Crippen LogP contribution is -2.62. The third-order valence-corrected chi connectivity index (χ3v) is 19.0. The number of hydrogen-bond acceptors (Lipinski definition) is 11. The van der Waals surface area contributed by atoms with Crippen LogP contribution in [-0.2, 0) is 47.7 Å². The molecule has 2 aliphatic heterocycles. The molecule has 1 N–H and O–H groups in total. The van der Waals surface area contributed by atoms with Gasteiger partial charge in [-0.05, 0) is 124 Å². The molecule has 14 atom stereocenters. The van der Waals surface area contributed by atoms with E-state index in [2.05, 4.69) is 33.8 Å². The van der Waals surface area contributed by atoms with Crippen LogP contribution in [0.25, 0.3) is 0 Å². The summed E-state index contributed by atoms with van der Waals surface area (Å²) in [6.45, 7) is 8.85. The zero-order valence-corrected chi connectivity index (χ0v) is 35.7. The van der Waals surface area contributed by atoms with Crippen LogP contribution in [0.1, 0.15) is 130 Å². The molecule has 0 amide bonds. The second-order valence-electron chi connectivity index (χ2n) is 21.0. The molecule has 5 saturated carbocycles. The molecule has 0 aromatic heterocycles. The van der Waals surface area contributed by atoms with Crippen molar-refractivity contribution in [3.8, 4) is 0 Å². The van der Waals surface area contributed by atoms with Gasteiger partial charge in [0.2, 0.25) is 0 Å². The number of allylic oxidation sites excluding steroid dienone is 5. The Morgan fingerprint density at radius 2 is 1.25 bits per heavy atom. The fourth-order valence-electron chi connectivity index (χ4n) is 15.9. The second-order valence-corrected chi connectivity index (χ2v) is 21.0. The summed E-state index contributed by atoms with van der Waals surface area (Å²) in [7, 11) is 2.87. The third kappa shape index (κ3) is 5.59. The first-order valence-electron chi connectivity index (χ1n) is 22.3. The van der Waals surface area contributed by atoms with Gasteiger partial charge in [0.15, 0.2) is 11.6 Å². The summed E-state index contributed by atoms with van der Waals surface area (Å²) in [6.07, 6.45) is 16.3. The van der Waals surface area contributed by atoms with E-state index in [-0.39, 0.29) is 98.5 Å². The van der Waals surface area contributed by atoms with Gasteiger partial charge in [-0.1, -0.05) is 50.5 Å². The molecule has 8 aliphatic carbocycles. The van der Waals surface area contributed by atoms with Gasteiger partial charge in [-0.2, -0.15) is 0 Å². The number of methoxy groups -OCH3 is 2. The quantitative estimate of drug-likeness (QED) is 0.176. The molecule has 10 aliphatic rings. The summed E-state index contributed by atoms with van der Waals surface area (Å²) in [5, 5.41) is 11.6. The smallest absolute Gasteiger partial charge is 0.309 e. The molecule has 10 rings (SSSR count). The minimum atomic E-state index is -0.611. The Kier molecular flexibility index (Phi) is 9.47. The van der Waals surface area contributed by atoms with Crippen LogP contribution >= 0.6 is 0 Å². The molecule has 0 aromatic rings. The molecule has 2 spiro atoms. The van der Waals surface area contributed by atoms with Gasteiger partial charge in [-0.3, -0.25) is 28.8 Å². The highest BCUT2D eigenvalue weighted by molar-refractivity contribution is 5.93. The summed E-state index contributed by atoms with van der Waals surface area (Å²) in [4.78, 5) is 74.3. The zero-order valence-electron chi connectivity index (χ0n) is 35.7. The number of rotatable bonds is 2. The highest BCUT2D eigenvalue weighted by Gasteiger charge is 2.71. The standard InChI is InChI=1S/C24H32O6.C24H30O5/c1-22-7-4-14(25)10-13(22)11-15(21(28)29-3)19-16-5-8-24(9-6-18(27)30-24)23(16,2)12-17(26)20(19)22;1-22-8-4-15(25)12-14(22)13-16(21(27)28-3)20-17(22)5-9-23(2)18(20)6-10-24(23)11-7-19(26)29-24/h10,15-17,19-20,26H,4-9,11-12H2,1-3H3;5,12,16,18,20H,4,6-11,13H2,1-3H3/t15-,16+,17-,19+,20?,22+,23+,24-;16-,18+,20-,22+,23+,24-/m11/s1. The largest absolute Gasteiger partial charge is 0.469 e. The average Bonchev–Trinajstić information content (AvgIpc) is 3.94. The molecule has 320 valence electrons. The van der Waals surface area contributed by atoms with E-state index < -0.39 is 17.3 Å². The van der Waals surface area contributed by atoms with Crippen molar-refractivity contribution in [1.82, 2.24) is 0 Å². The van der Waals surface area contributed by atoms with Gasteiger partial charge in [0.1, 0.15) is 11.2 Å². The molecule has 11 heteroatoms. The van der Waals surface area contributed by atoms with E-state index in [1.54, 1.807) is 12.2 Å². The number of esters is 4. The molecular formula is C48H62O11. The molecule has 2 saturated heterocycles. The van der Waals surface area contributed by atoms with Gasteiger partial charge in [-0.25, -0.2) is 0 Å². The molecule has 59 heavy (non-hydrogen) atoms. The van der Waals surface area contributed by atoms with Crippen molar-refractivity contribution in [3.05, 3.63) is 34.9 Å². The fourth-order valence-corrected chi connectivity index (χ4v) is 15.9. The Hall–Kier alpha value is -3.60. The first-order valence-corrected chi connectivity index (χ1v) is 22.3. The SMILES string of the molecule is COC(=O)[C@@H]1CC2=CC(=O)CC[C@]2(C)C2=CC[C@@]3(C)[C@@H](CC[C@@]34CCC(=O)O4)[C@@H]21.COC(=O)[C@@H]1CC2=CC(=O)CC[C@]2(C)C2[C@@H]1[C@@H]1CC[C@@]3(CCC(=O)O3)[C@@]1(C)C[C@H]2O. The molecule has 1 unspecified atom stereocenters. The summed E-state index contributed by atoms with van der Waals surface area (Å²) < 4.78 is 22.4. The Morgan fingerprint density at radius 1 is 0.695 bits per heavy atom. The van der Waals surface area contributed by atoms with E-state index in [0.717, 1.165) is 56.1 Å². The number of ether oxygens (including phenoxy) is 4. The lowest BCUT2D eigenvalue weighted by Gasteiger charge is -2.62. The van der Waals surface area contributed by atoms with Crippen LogP contribution in [0.15, 0.2) is 34.9 Å². The number of fused-ring (bicyclic) bond motifs is 12. The first kappa shape index (κ1) is 40.8. The maximum atomic E-state index is 12.9. The lowest BCUT2D eigenvalue weighted by atomic mass is 9.43. The van der Waals surface area contributed by atoms with Crippen molar-refractivity contribution < 1.29 is 52.8 Å². The Labute approximate surface area is 347 Å².